The fourth-order valence-corrected chi connectivity index (χ4v) is 3.49. The SMILES string of the molecule is O=C(c1cccc(Br)c1)N1CCN(c2cc(C(F)(F)F)cc(C(F)(F)F)c2)CC1. The Kier molecular flexibility index (Phi) is 5.84. The van der Waals surface area contributed by atoms with Gasteiger partial charge in [-0.05, 0) is 36.4 Å². The van der Waals surface area contributed by atoms with Gasteiger partial charge >= 0.3 is 12.4 Å². The standard InChI is InChI=1S/C19H15BrF6N2O/c20-15-3-1-2-12(8-15)17(29)28-6-4-27(5-7-28)16-10-13(18(21,22)23)9-14(11-16)19(24,25)26/h1-3,8-11H,4-7H2. The first kappa shape index (κ1) is 21.5. The maximum atomic E-state index is 13.0. The number of carbonyl (C=O) groups is 1. The van der Waals surface area contributed by atoms with Gasteiger partial charge in [-0.15, -0.1) is 0 Å². The van der Waals surface area contributed by atoms with E-state index in [0.717, 1.165) is 4.47 Å². The van der Waals surface area contributed by atoms with Crippen LogP contribution in [0.1, 0.15) is 21.5 Å². The summed E-state index contributed by atoms with van der Waals surface area (Å²) < 4.78 is 79.0. The Bertz CT molecular complexity index is 872. The van der Waals surface area contributed by atoms with Gasteiger partial charge in [0.25, 0.3) is 5.91 Å². The van der Waals surface area contributed by atoms with Gasteiger partial charge in [-0.1, -0.05) is 22.0 Å². The van der Waals surface area contributed by atoms with Gasteiger partial charge in [0.2, 0.25) is 0 Å². The molecule has 0 spiro atoms. The van der Waals surface area contributed by atoms with E-state index < -0.39 is 23.5 Å². The van der Waals surface area contributed by atoms with Gasteiger partial charge in [-0.25, -0.2) is 0 Å². The first-order valence-electron chi connectivity index (χ1n) is 8.54. The van der Waals surface area contributed by atoms with Gasteiger partial charge in [0.15, 0.2) is 0 Å². The number of hydrogen-bond donors (Lipinski definition) is 0. The molecular weight excluding hydrogens is 466 g/mol. The Morgan fingerprint density at radius 2 is 1.38 bits per heavy atom. The van der Waals surface area contributed by atoms with Crippen LogP contribution >= 0.6 is 15.9 Å². The molecule has 156 valence electrons. The molecule has 0 N–H and O–H groups in total. The lowest BCUT2D eigenvalue weighted by atomic mass is 10.1. The number of carbonyl (C=O) groups excluding carboxylic acids is 1. The van der Waals surface area contributed by atoms with E-state index in [1.807, 2.05) is 0 Å². The highest BCUT2D eigenvalue weighted by Gasteiger charge is 2.37. The van der Waals surface area contributed by atoms with Crippen LogP contribution in [0.2, 0.25) is 0 Å². The Morgan fingerprint density at radius 3 is 1.86 bits per heavy atom. The molecule has 3 rings (SSSR count). The van der Waals surface area contributed by atoms with Gasteiger partial charge in [-0.2, -0.15) is 26.3 Å². The molecule has 0 radical (unpaired) electrons. The van der Waals surface area contributed by atoms with Crippen LogP contribution in [0.5, 0.6) is 0 Å². The van der Waals surface area contributed by atoms with E-state index in [0.29, 0.717) is 17.7 Å². The smallest absolute Gasteiger partial charge is 0.368 e. The first-order chi connectivity index (χ1) is 13.4. The van der Waals surface area contributed by atoms with Crippen molar-refractivity contribution in [2.24, 2.45) is 0 Å². The van der Waals surface area contributed by atoms with E-state index in [1.54, 1.807) is 24.3 Å². The number of benzene rings is 2. The van der Waals surface area contributed by atoms with E-state index in [1.165, 1.54) is 9.80 Å². The molecule has 0 saturated carbocycles. The van der Waals surface area contributed by atoms with Crippen LogP contribution in [-0.2, 0) is 12.4 Å². The van der Waals surface area contributed by atoms with E-state index in [-0.39, 0.29) is 43.8 Å². The lowest BCUT2D eigenvalue weighted by Crippen LogP contribution is -2.48. The van der Waals surface area contributed by atoms with Crippen molar-refractivity contribution >= 4 is 27.5 Å². The van der Waals surface area contributed by atoms with E-state index >= 15 is 0 Å². The summed E-state index contributed by atoms with van der Waals surface area (Å²) in [6, 6.07) is 8.28. The van der Waals surface area contributed by atoms with Gasteiger partial charge in [0.1, 0.15) is 0 Å². The Morgan fingerprint density at radius 1 is 0.828 bits per heavy atom. The summed E-state index contributed by atoms with van der Waals surface area (Å²) in [6.45, 7) is 0.614. The molecule has 0 aromatic heterocycles. The van der Waals surface area contributed by atoms with Crippen LogP contribution in [0.25, 0.3) is 0 Å². The predicted molar refractivity (Wildman–Crippen MR) is 98.7 cm³/mol. The highest BCUT2D eigenvalue weighted by molar-refractivity contribution is 9.10. The number of amides is 1. The summed E-state index contributed by atoms with van der Waals surface area (Å²) in [4.78, 5) is 15.5. The highest BCUT2D eigenvalue weighted by atomic mass is 79.9. The molecule has 10 heteroatoms. The number of piperazine rings is 1. The van der Waals surface area contributed by atoms with Gasteiger partial charge < -0.3 is 9.80 Å². The molecule has 1 saturated heterocycles. The molecule has 0 unspecified atom stereocenters. The zero-order valence-electron chi connectivity index (χ0n) is 14.8. The number of rotatable bonds is 2. The maximum absolute atomic E-state index is 13.0. The molecule has 0 atom stereocenters. The molecule has 3 nitrogen and oxygen atoms in total. The van der Waals surface area contributed by atoms with Crippen molar-refractivity contribution in [1.29, 1.82) is 0 Å². The number of alkyl halides is 6. The molecule has 1 aliphatic heterocycles. The average Bonchev–Trinajstić information content (AvgIpc) is 2.66. The monoisotopic (exact) mass is 480 g/mol. The third kappa shape index (κ3) is 5.04. The number of halogens is 7. The van der Waals surface area contributed by atoms with Gasteiger partial charge in [0, 0.05) is 41.9 Å². The van der Waals surface area contributed by atoms with Crippen LogP contribution in [-0.4, -0.2) is 37.0 Å². The third-order valence-corrected chi connectivity index (χ3v) is 5.07. The van der Waals surface area contributed by atoms with Crippen molar-refractivity contribution in [2.75, 3.05) is 31.1 Å². The minimum absolute atomic E-state index is 0.108. The molecule has 1 aliphatic rings. The number of hydrogen-bond acceptors (Lipinski definition) is 2. The Labute approximate surface area is 171 Å². The highest BCUT2D eigenvalue weighted by Crippen LogP contribution is 2.38. The normalized spacial score (nSPS) is 15.6. The second-order valence-electron chi connectivity index (χ2n) is 6.55. The minimum atomic E-state index is -4.89. The van der Waals surface area contributed by atoms with Gasteiger partial charge in [-0.3, -0.25) is 4.79 Å². The van der Waals surface area contributed by atoms with Crippen molar-refractivity contribution < 1.29 is 31.1 Å². The van der Waals surface area contributed by atoms with Gasteiger partial charge in [0.05, 0.1) is 11.1 Å². The second-order valence-corrected chi connectivity index (χ2v) is 7.47. The summed E-state index contributed by atoms with van der Waals surface area (Å²) >= 11 is 3.28. The molecule has 0 aliphatic carbocycles. The zero-order valence-corrected chi connectivity index (χ0v) is 16.4. The van der Waals surface area contributed by atoms with Crippen LogP contribution in [0, 0.1) is 0 Å². The third-order valence-electron chi connectivity index (χ3n) is 4.58. The summed E-state index contributed by atoms with van der Waals surface area (Å²) in [5.74, 6) is -0.244. The van der Waals surface area contributed by atoms with Crippen molar-refractivity contribution in [3.8, 4) is 0 Å². The molecule has 0 bridgehead atoms. The van der Waals surface area contributed by atoms with E-state index in [4.69, 9.17) is 0 Å². The minimum Gasteiger partial charge on any atom is -0.368 e. The molecule has 1 heterocycles. The molecule has 1 fully saturated rings. The Hall–Kier alpha value is -2.23. The molecular formula is C19H15BrF6N2O. The summed E-state index contributed by atoms with van der Waals surface area (Å²) in [5, 5.41) is 0. The first-order valence-corrected chi connectivity index (χ1v) is 9.34. The van der Waals surface area contributed by atoms with Crippen LogP contribution in [0.3, 0.4) is 0 Å². The van der Waals surface area contributed by atoms with Crippen LogP contribution in [0.15, 0.2) is 46.9 Å². The zero-order chi connectivity index (χ0) is 21.4. The van der Waals surface area contributed by atoms with Crippen molar-refractivity contribution in [2.45, 2.75) is 12.4 Å². The maximum Gasteiger partial charge on any atom is 0.416 e. The molecule has 2 aromatic rings. The Balaban J connectivity index is 1.79. The van der Waals surface area contributed by atoms with Crippen molar-refractivity contribution in [3.05, 3.63) is 63.6 Å². The number of nitrogens with zero attached hydrogens (tertiary/aromatic N) is 2. The average molecular weight is 481 g/mol. The molecule has 2 aromatic carbocycles. The van der Waals surface area contributed by atoms with E-state index in [2.05, 4.69) is 15.9 Å². The molecule has 1 amide bonds. The summed E-state index contributed by atoms with van der Waals surface area (Å²) in [5.41, 5.74) is -2.42. The fraction of sp³-hybridized carbons (Fsp3) is 0.316. The molecule has 29 heavy (non-hydrogen) atoms. The summed E-state index contributed by atoms with van der Waals surface area (Å²) in [7, 11) is 0. The lowest BCUT2D eigenvalue weighted by molar-refractivity contribution is -0.143. The van der Waals surface area contributed by atoms with Crippen molar-refractivity contribution in [1.82, 2.24) is 4.90 Å². The van der Waals surface area contributed by atoms with E-state index in [9.17, 15) is 31.1 Å². The largest absolute Gasteiger partial charge is 0.416 e. The van der Waals surface area contributed by atoms with Crippen molar-refractivity contribution in [3.63, 3.8) is 0 Å². The predicted octanol–water partition coefficient (Wildman–Crippen LogP) is 5.45. The fourth-order valence-electron chi connectivity index (χ4n) is 3.09. The lowest BCUT2D eigenvalue weighted by Gasteiger charge is -2.36. The number of anilines is 1. The summed E-state index contributed by atoms with van der Waals surface area (Å²) in [6.07, 6.45) is -9.79. The quantitative estimate of drug-likeness (QED) is 0.533. The second kappa shape index (κ2) is 7.89. The van der Waals surface area contributed by atoms with Crippen LogP contribution in [0.4, 0.5) is 32.0 Å². The van der Waals surface area contributed by atoms with Crippen LogP contribution < -0.4 is 4.90 Å². The topological polar surface area (TPSA) is 23.6 Å².